The lowest BCUT2D eigenvalue weighted by molar-refractivity contribution is -0.147. The molecule has 5 rings (SSSR count). The van der Waals surface area contributed by atoms with E-state index in [1.54, 1.807) is 19.6 Å². The third-order valence-corrected chi connectivity index (χ3v) is 20.9. The van der Waals surface area contributed by atoms with Crippen LogP contribution in [-0.4, -0.2) is 294 Å². The molecule has 7 amide bonds. The predicted octanol–water partition coefficient (Wildman–Crippen LogP) is 1.38. The highest BCUT2D eigenvalue weighted by Crippen LogP contribution is 2.30. The van der Waals surface area contributed by atoms with E-state index in [1.807, 2.05) is 84.3 Å². The zero-order valence-electron chi connectivity index (χ0n) is 66.9. The summed E-state index contributed by atoms with van der Waals surface area (Å²) in [5.74, 6) is -22.6. The first-order valence-electron chi connectivity index (χ1n) is 40.0. The molecule has 0 bridgehead atoms. The van der Waals surface area contributed by atoms with Crippen molar-refractivity contribution in [1.82, 2.24) is 56.8 Å². The zero-order chi connectivity index (χ0) is 87.7. The Balaban J connectivity index is 1.23. The smallest absolute Gasteiger partial charge is 0.326 e. The van der Waals surface area contributed by atoms with Gasteiger partial charge in [0, 0.05) is 103 Å². The Morgan fingerprint density at radius 1 is 0.387 bits per heavy atom. The van der Waals surface area contributed by atoms with Crippen molar-refractivity contribution in [2.45, 2.75) is 185 Å². The van der Waals surface area contributed by atoms with E-state index in [0.29, 0.717) is 57.8 Å². The van der Waals surface area contributed by atoms with Gasteiger partial charge < -0.3 is 83.2 Å². The molecule has 16 N–H and O–H groups in total. The van der Waals surface area contributed by atoms with Crippen LogP contribution in [0.1, 0.15) is 152 Å². The Hall–Kier alpha value is -11.4. The molecule has 2 aliphatic rings. The highest BCUT2D eigenvalue weighted by atomic mass is 16.4. The molecular formula is C81H113N11O27. The lowest BCUT2D eigenvalue weighted by Gasteiger charge is -2.32. The molecule has 7 unspecified atom stereocenters. The van der Waals surface area contributed by atoms with Gasteiger partial charge in [0.2, 0.25) is 41.4 Å². The number of ketones is 2. The number of carbonyl (C=O) groups is 18. The number of aliphatic carboxylic acids is 9. The normalized spacial score (nSPS) is 16.9. The molecule has 7 atom stereocenters. The summed E-state index contributed by atoms with van der Waals surface area (Å²) < 4.78 is 0. The minimum absolute atomic E-state index is 0.00119. The fraction of sp³-hybridized carbons (Fsp3) is 0.580. The third-order valence-electron chi connectivity index (χ3n) is 20.9. The number of Topliss-reactive ketones (excluding diaryl/α,β-unsaturated/α-hetero) is 2. The molecule has 38 nitrogen and oxygen atoms in total. The summed E-state index contributed by atoms with van der Waals surface area (Å²) in [5.41, 5.74) is 2.71. The average Bonchev–Trinajstić information content (AvgIpc) is 0.830. The van der Waals surface area contributed by atoms with Crippen molar-refractivity contribution in [2.75, 3.05) is 91.6 Å². The van der Waals surface area contributed by atoms with Crippen molar-refractivity contribution < 1.29 is 132 Å². The topological polar surface area (TPSA) is 587 Å². The minimum atomic E-state index is -2.07. The molecule has 1 saturated carbocycles. The van der Waals surface area contributed by atoms with E-state index in [9.17, 15) is 127 Å². The monoisotopic (exact) mass is 1670 g/mol. The quantitative estimate of drug-likeness (QED) is 0.0355. The highest BCUT2D eigenvalue weighted by Gasteiger charge is 2.35. The van der Waals surface area contributed by atoms with Gasteiger partial charge in [0.05, 0.1) is 63.3 Å². The standard InChI is InChI=1S/C81H113N11O27/c1-50-17-19-51(20-18-50)10-9-16-66(95)85-62(79(114)115)42-68(97)87-64(81(118)119)44-69(98)86-63(80(116)117)43-67(96)84-60(14-7-8-29-82-70(99)46-89-30-32-90(47-72(102)103)34-36-92(49-74(106)107)37-35-91(33-31-89)48-73(104)105)76(109)83-45-52-21-25-55(26-22-52)75(108)88-61(39-53-23-24-54-11-5-6-12-56(54)38-53)65(94)15-4-2-3-13-57(77(110)111)40-59(93)41-58(78(112)113)27-28-71(100)101/h5-6,11-12,17-20,23-24,38,52,55,57-58,60-64H,2-4,7-10,13-16,21-22,25-37,39-49H2,1H3,(H,82,99)(H,83,109)(H,84,96)(H,85,95)(H,86,98)(H,87,97)(H,88,108)(H,100,101)(H,102,103)(H,104,105)(H,106,107)(H,110,111)(H,112,113)(H,114,115)(H,116,117)(H,118,119). The number of hydrogen-bond donors (Lipinski definition) is 16. The number of unbranched alkanes of at least 4 members (excludes halogenated alkanes) is 3. The maximum Gasteiger partial charge on any atom is 0.326 e. The van der Waals surface area contributed by atoms with Crippen molar-refractivity contribution in [1.29, 1.82) is 0 Å². The summed E-state index contributed by atoms with van der Waals surface area (Å²) in [6.45, 7) is 1.78. The Morgan fingerprint density at radius 2 is 0.849 bits per heavy atom. The van der Waals surface area contributed by atoms with E-state index in [0.717, 1.165) is 27.5 Å². The molecule has 1 aliphatic carbocycles. The number of carbonyl (C=O) groups excluding carboxylic acids is 9. The number of nitrogens with zero attached hydrogens (tertiary/aromatic N) is 4. The number of carboxylic acid groups (broad SMARTS) is 9. The van der Waals surface area contributed by atoms with Gasteiger partial charge >= 0.3 is 53.7 Å². The third kappa shape index (κ3) is 39.2. The van der Waals surface area contributed by atoms with Crippen molar-refractivity contribution in [3.05, 3.63) is 83.4 Å². The lowest BCUT2D eigenvalue weighted by Crippen LogP contribution is -2.52. The van der Waals surface area contributed by atoms with Crippen molar-refractivity contribution >= 4 is 117 Å². The molecule has 1 aliphatic heterocycles. The summed E-state index contributed by atoms with van der Waals surface area (Å²) >= 11 is 0. The summed E-state index contributed by atoms with van der Waals surface area (Å²) in [5, 5.41) is 107. The van der Waals surface area contributed by atoms with Gasteiger partial charge in [-0.15, -0.1) is 0 Å². The summed E-state index contributed by atoms with van der Waals surface area (Å²) in [4.78, 5) is 236. The number of nitrogens with one attached hydrogen (secondary N) is 7. The fourth-order valence-corrected chi connectivity index (χ4v) is 14.1. The molecule has 3 aromatic carbocycles. The van der Waals surface area contributed by atoms with Gasteiger partial charge in [-0.05, 0) is 118 Å². The number of amides is 7. The second-order valence-corrected chi connectivity index (χ2v) is 30.5. The molecule has 38 heteroatoms. The Bertz CT molecular complexity index is 3970. The molecule has 1 heterocycles. The SMILES string of the molecule is Cc1ccc(CCCC(=O)NC(CC(=O)NC(CC(=O)NC(CC(=O)NC(CCCCNC(=O)CN2CCN(CC(=O)O)CCN(CC(=O)O)CCN(CC(=O)O)CC2)C(=O)NCC2CCC(C(=O)NC(Cc3ccc4ccccc4c3)C(=O)CCCCCC(CC(=O)CC(CCC(=O)O)C(=O)O)C(=O)O)CC2)C(=O)O)C(=O)O)C(=O)O)cc1. The van der Waals surface area contributed by atoms with Crippen LogP contribution in [0.4, 0.5) is 0 Å². The van der Waals surface area contributed by atoms with Gasteiger partial charge in [0.1, 0.15) is 30.0 Å². The van der Waals surface area contributed by atoms with Crippen LogP contribution < -0.4 is 37.2 Å². The number of fused-ring (bicyclic) bond motifs is 1. The molecule has 0 spiro atoms. The summed E-state index contributed by atoms with van der Waals surface area (Å²) in [6, 6.07) is 12.4. The first-order chi connectivity index (χ1) is 56.5. The van der Waals surface area contributed by atoms with E-state index < -0.39 is 187 Å². The van der Waals surface area contributed by atoms with Crippen LogP contribution in [0.15, 0.2) is 66.7 Å². The van der Waals surface area contributed by atoms with Gasteiger partial charge in [-0.1, -0.05) is 85.1 Å². The molecule has 0 aromatic heterocycles. The van der Waals surface area contributed by atoms with E-state index in [1.165, 1.54) is 0 Å². The molecule has 3 aromatic rings. The van der Waals surface area contributed by atoms with Crippen LogP contribution in [0.5, 0.6) is 0 Å². The maximum atomic E-state index is 14.3. The lowest BCUT2D eigenvalue weighted by atomic mass is 9.81. The predicted molar refractivity (Wildman–Crippen MR) is 424 cm³/mol. The molecular weight excluding hydrogens is 1560 g/mol. The average molecular weight is 1670 g/mol. The number of carboxylic acids is 9. The molecule has 2 fully saturated rings. The number of rotatable bonds is 53. The number of aryl methyl sites for hydroxylation is 2. The second kappa shape index (κ2) is 51.7. The van der Waals surface area contributed by atoms with Crippen LogP contribution in [0, 0.1) is 30.6 Å². The van der Waals surface area contributed by atoms with Gasteiger partial charge in [0.15, 0.2) is 5.78 Å². The van der Waals surface area contributed by atoms with E-state index in [-0.39, 0.29) is 155 Å². The summed E-state index contributed by atoms with van der Waals surface area (Å²) in [6.07, 6.45) is -1.41. The molecule has 119 heavy (non-hydrogen) atoms. The number of hydrogen-bond acceptors (Lipinski definition) is 22. The van der Waals surface area contributed by atoms with E-state index in [4.69, 9.17) is 5.11 Å². The number of benzene rings is 3. The van der Waals surface area contributed by atoms with Crippen molar-refractivity contribution in [3.8, 4) is 0 Å². The molecule has 654 valence electrons. The van der Waals surface area contributed by atoms with Gasteiger partial charge in [0.25, 0.3) is 0 Å². The Kier molecular flexibility index (Phi) is 42.7. The van der Waals surface area contributed by atoms with Crippen LogP contribution >= 0.6 is 0 Å². The second-order valence-electron chi connectivity index (χ2n) is 30.5. The van der Waals surface area contributed by atoms with E-state index >= 15 is 0 Å². The highest BCUT2D eigenvalue weighted by molar-refractivity contribution is 5.95. The van der Waals surface area contributed by atoms with Crippen molar-refractivity contribution in [2.24, 2.45) is 23.7 Å². The van der Waals surface area contributed by atoms with Gasteiger partial charge in [-0.3, -0.25) is 91.5 Å². The van der Waals surface area contributed by atoms with Crippen LogP contribution in [-0.2, 0) is 99.1 Å². The molecule has 1 saturated heterocycles. The summed E-state index contributed by atoms with van der Waals surface area (Å²) in [7, 11) is 0. The first kappa shape index (κ1) is 98.2. The largest absolute Gasteiger partial charge is 0.481 e. The van der Waals surface area contributed by atoms with Gasteiger partial charge in [-0.2, -0.15) is 0 Å². The Morgan fingerprint density at radius 3 is 1.34 bits per heavy atom. The van der Waals surface area contributed by atoms with Crippen LogP contribution in [0.25, 0.3) is 10.8 Å². The molecule has 0 radical (unpaired) electrons. The van der Waals surface area contributed by atoms with Crippen LogP contribution in [0.2, 0.25) is 0 Å². The zero-order valence-corrected chi connectivity index (χ0v) is 66.9. The van der Waals surface area contributed by atoms with Crippen LogP contribution in [0.3, 0.4) is 0 Å². The van der Waals surface area contributed by atoms with Crippen molar-refractivity contribution in [3.63, 3.8) is 0 Å². The maximum absolute atomic E-state index is 14.3. The Labute approximate surface area is 687 Å². The first-order valence-corrected chi connectivity index (χ1v) is 40.0. The minimum Gasteiger partial charge on any atom is -0.481 e. The fourth-order valence-electron chi connectivity index (χ4n) is 14.1. The van der Waals surface area contributed by atoms with E-state index in [2.05, 4.69) is 26.6 Å². The van der Waals surface area contributed by atoms with Gasteiger partial charge in [-0.25, -0.2) is 14.4 Å².